The van der Waals surface area contributed by atoms with Crippen LogP contribution in [0.15, 0.2) is 72.4 Å². The highest BCUT2D eigenvalue weighted by Crippen LogP contribution is 2.70. The van der Waals surface area contributed by atoms with Crippen LogP contribution in [0.25, 0.3) is 0 Å². The second kappa shape index (κ2) is 42.2. The fraction of sp³-hybridized carbons (Fsp3) is 0.776. The molecular formula is C76H123FO10. The number of aliphatic hydroxyl groups is 2. The van der Waals surface area contributed by atoms with Gasteiger partial charge < -0.3 is 24.4 Å². The number of rotatable bonds is 49. The van der Waals surface area contributed by atoms with Crippen LogP contribution in [0, 0.1) is 28.6 Å². The molecule has 0 bridgehead atoms. The molecule has 10 atom stereocenters. The maximum atomic E-state index is 17.7. The first-order valence-corrected chi connectivity index (χ1v) is 35.7. The summed E-state index contributed by atoms with van der Waals surface area (Å²) in [6.07, 6.45) is 58.0. The average molecular weight is 1220 g/mol. The molecule has 0 aromatic carbocycles. The van der Waals surface area contributed by atoms with E-state index < -0.39 is 76.5 Å². The third-order valence-corrected chi connectivity index (χ3v) is 20.4. The van der Waals surface area contributed by atoms with Crippen molar-refractivity contribution in [2.45, 2.75) is 341 Å². The Labute approximate surface area is 528 Å². The number of carbonyl (C=O) groups excluding carboxylic acids is 5. The molecule has 4 aliphatic carbocycles. The minimum absolute atomic E-state index is 0.107. The van der Waals surface area contributed by atoms with E-state index in [4.69, 9.17) is 14.2 Å². The number of aliphatic hydroxyl groups excluding tert-OH is 1. The second-order valence-electron chi connectivity index (χ2n) is 27.1. The fourth-order valence-corrected chi connectivity index (χ4v) is 15.0. The summed E-state index contributed by atoms with van der Waals surface area (Å²) in [7, 11) is 0. The van der Waals surface area contributed by atoms with Crippen molar-refractivity contribution in [2.75, 3.05) is 6.61 Å². The predicted octanol–water partition coefficient (Wildman–Crippen LogP) is 19.4. The number of hydrogen-bond donors (Lipinski definition) is 2. The van der Waals surface area contributed by atoms with Gasteiger partial charge in [-0.05, 0) is 166 Å². The van der Waals surface area contributed by atoms with Crippen LogP contribution in [0.5, 0.6) is 0 Å². The van der Waals surface area contributed by atoms with Crippen LogP contribution in [-0.4, -0.2) is 75.9 Å². The number of ketones is 2. The molecule has 0 aromatic heterocycles. The highest BCUT2D eigenvalue weighted by atomic mass is 19.1. The zero-order chi connectivity index (χ0) is 63.2. The molecule has 3 saturated carbocycles. The Kier molecular flexibility index (Phi) is 36.6. The lowest BCUT2D eigenvalue weighted by Gasteiger charge is -2.62. The van der Waals surface area contributed by atoms with Crippen LogP contribution in [0.1, 0.15) is 311 Å². The predicted molar refractivity (Wildman–Crippen MR) is 353 cm³/mol. The number of unbranched alkanes of at least 4 members (excludes halogenated alkanes) is 25. The number of esters is 3. The van der Waals surface area contributed by atoms with Gasteiger partial charge in [0.1, 0.15) is 17.8 Å². The number of Topliss-reactive ketones (excluding diaryl/α,β-unsaturated/α-hetero) is 1. The van der Waals surface area contributed by atoms with Crippen molar-refractivity contribution < 1.29 is 52.8 Å². The first-order chi connectivity index (χ1) is 42.0. The quantitative estimate of drug-likeness (QED) is 0.0260. The molecule has 3 fully saturated rings. The summed E-state index contributed by atoms with van der Waals surface area (Å²) in [5.41, 5.74) is -5.67. The maximum absolute atomic E-state index is 17.7. The summed E-state index contributed by atoms with van der Waals surface area (Å²) < 4.78 is 35.9. The van der Waals surface area contributed by atoms with Crippen molar-refractivity contribution in [3.05, 3.63) is 72.4 Å². The van der Waals surface area contributed by atoms with Gasteiger partial charge in [0.25, 0.3) is 0 Å². The number of allylic oxidation sites excluding steroid dienone is 12. The molecule has 87 heavy (non-hydrogen) atoms. The van der Waals surface area contributed by atoms with Crippen LogP contribution < -0.4 is 0 Å². The van der Waals surface area contributed by atoms with Gasteiger partial charge in [-0.1, -0.05) is 210 Å². The standard InChI is InChI=1S/C76H123FO10/c1-7-10-13-16-19-21-23-25-27-29-31-33-35-40-46-51-71(82)86-66(48-43-38-18-15-12-9-3)67(87-72(83)52-47-41-36-34-32-30-28-26-24-22-20-17-14-11-8-2)49-44-39-37-42-45-50-70(81)85-60-69(80)76(84)61(4)57-65-64-54-53-62-58-63(78)55-56-73(62,5)75(64,77)68(79)59-74(65,76)6/h19-22,25-28,55-56,58,61,64-68,79,84H,7-18,23-24,29-54,57,59-60H2,1-6H3/b21-19-,22-20-,27-25-,28-26-/t61-,64+,65+,66?,67?,68+,73+,74+,75+,76+/m1/s1. The molecule has 4 aliphatic rings. The smallest absolute Gasteiger partial charge is 0.306 e. The van der Waals surface area contributed by atoms with Crippen LogP contribution in [0.3, 0.4) is 0 Å². The van der Waals surface area contributed by atoms with E-state index in [0.717, 1.165) is 135 Å². The van der Waals surface area contributed by atoms with Gasteiger partial charge in [0.05, 0.1) is 6.10 Å². The van der Waals surface area contributed by atoms with Crippen molar-refractivity contribution in [1.82, 2.24) is 0 Å². The van der Waals surface area contributed by atoms with Gasteiger partial charge in [0.15, 0.2) is 18.1 Å². The Morgan fingerprint density at radius 2 is 1.00 bits per heavy atom. The Hall–Kier alpha value is -3.96. The van der Waals surface area contributed by atoms with E-state index in [1.165, 1.54) is 82.8 Å². The molecule has 0 heterocycles. The number of carbonyl (C=O) groups is 5. The zero-order valence-electron chi connectivity index (χ0n) is 55.8. The van der Waals surface area contributed by atoms with Gasteiger partial charge in [-0.3, -0.25) is 24.0 Å². The van der Waals surface area contributed by atoms with Crippen molar-refractivity contribution in [2.24, 2.45) is 28.6 Å². The molecule has 4 rings (SSSR count). The lowest BCUT2D eigenvalue weighted by atomic mass is 9.44. The largest absolute Gasteiger partial charge is 0.458 e. The molecule has 494 valence electrons. The lowest BCUT2D eigenvalue weighted by Crippen LogP contribution is -2.69. The molecule has 0 amide bonds. The summed E-state index contributed by atoms with van der Waals surface area (Å²) in [6.45, 7) is 11.4. The maximum Gasteiger partial charge on any atom is 0.306 e. The van der Waals surface area contributed by atoms with Gasteiger partial charge in [-0.25, -0.2) is 4.39 Å². The highest BCUT2D eigenvalue weighted by Gasteiger charge is 2.75. The van der Waals surface area contributed by atoms with Gasteiger partial charge in [-0.15, -0.1) is 0 Å². The Bertz CT molecular complexity index is 2190. The van der Waals surface area contributed by atoms with E-state index in [1.54, 1.807) is 26.8 Å². The van der Waals surface area contributed by atoms with Crippen LogP contribution in [0.4, 0.5) is 4.39 Å². The van der Waals surface area contributed by atoms with Gasteiger partial charge >= 0.3 is 17.9 Å². The second-order valence-corrected chi connectivity index (χ2v) is 27.1. The van der Waals surface area contributed by atoms with Crippen molar-refractivity contribution in [3.8, 4) is 0 Å². The van der Waals surface area contributed by atoms with E-state index in [9.17, 15) is 34.2 Å². The van der Waals surface area contributed by atoms with Crippen molar-refractivity contribution in [3.63, 3.8) is 0 Å². The van der Waals surface area contributed by atoms with Crippen LogP contribution in [-0.2, 0) is 38.2 Å². The van der Waals surface area contributed by atoms with Crippen molar-refractivity contribution in [1.29, 1.82) is 0 Å². The van der Waals surface area contributed by atoms with E-state index in [1.807, 2.05) is 0 Å². The molecule has 0 saturated heterocycles. The van der Waals surface area contributed by atoms with E-state index in [-0.39, 0.29) is 30.6 Å². The van der Waals surface area contributed by atoms with Gasteiger partial charge in [0, 0.05) is 36.0 Å². The zero-order valence-corrected chi connectivity index (χ0v) is 55.8. The number of halogens is 1. The molecule has 11 heteroatoms. The summed E-state index contributed by atoms with van der Waals surface area (Å²) in [5, 5.41) is 24.1. The monoisotopic (exact) mass is 1210 g/mol. The highest BCUT2D eigenvalue weighted by molar-refractivity contribution is 6.01. The summed E-state index contributed by atoms with van der Waals surface area (Å²) in [6, 6.07) is 0. The Balaban J connectivity index is 1.26. The SMILES string of the molecule is CCCCC/C=C\C/C=C\CCCCCCCC(=O)OC(CCCCCCCC)C(CCCCCCCC(=O)OCC(=O)[C@@]1(O)[C@H](C)C[C@H]2[C@@H]3CCC4=CC(=O)C=C[C@]4(C)[C@@]3(F)[C@@H](O)C[C@@]21C)OC(=O)CCCCCCC/C=C\C/C=C\CCCCC. The molecule has 2 N–H and O–H groups in total. The normalized spacial score (nSPS) is 25.9. The third kappa shape index (κ3) is 24.3. The van der Waals surface area contributed by atoms with Crippen LogP contribution >= 0.6 is 0 Å². The molecule has 0 aromatic rings. The number of alkyl halides is 1. The minimum atomic E-state index is -2.08. The van der Waals surface area contributed by atoms with Gasteiger partial charge in [0.2, 0.25) is 5.78 Å². The Morgan fingerprint density at radius 1 is 0.586 bits per heavy atom. The first kappa shape index (κ1) is 75.5. The average Bonchev–Trinajstić information content (AvgIpc) is 1.65. The minimum Gasteiger partial charge on any atom is -0.458 e. The summed E-state index contributed by atoms with van der Waals surface area (Å²) in [5.74, 6) is -3.40. The first-order valence-electron chi connectivity index (χ1n) is 35.7. The van der Waals surface area contributed by atoms with E-state index in [0.29, 0.717) is 56.9 Å². The number of ether oxygens (including phenoxy) is 3. The topological polar surface area (TPSA) is 154 Å². The third-order valence-electron chi connectivity index (χ3n) is 20.4. The van der Waals surface area contributed by atoms with E-state index >= 15 is 4.39 Å². The molecular weight excluding hydrogens is 1090 g/mol. The number of hydrogen-bond acceptors (Lipinski definition) is 10. The van der Waals surface area contributed by atoms with E-state index in [2.05, 4.69) is 69.4 Å². The summed E-state index contributed by atoms with van der Waals surface area (Å²) >= 11 is 0. The Morgan fingerprint density at radius 3 is 1.48 bits per heavy atom. The molecule has 2 unspecified atom stereocenters. The molecule has 0 spiro atoms. The van der Waals surface area contributed by atoms with Crippen molar-refractivity contribution >= 4 is 29.5 Å². The fourth-order valence-electron chi connectivity index (χ4n) is 15.0. The molecule has 0 radical (unpaired) electrons. The molecule has 0 aliphatic heterocycles. The summed E-state index contributed by atoms with van der Waals surface area (Å²) in [4.78, 5) is 66.7. The number of fused-ring (bicyclic) bond motifs is 5. The molecule has 10 nitrogen and oxygen atoms in total. The van der Waals surface area contributed by atoms with Gasteiger partial charge in [-0.2, -0.15) is 0 Å². The lowest BCUT2D eigenvalue weighted by molar-refractivity contribution is -0.220. The van der Waals surface area contributed by atoms with Crippen LogP contribution in [0.2, 0.25) is 0 Å².